The summed E-state index contributed by atoms with van der Waals surface area (Å²) in [6.07, 6.45) is 3.80. The summed E-state index contributed by atoms with van der Waals surface area (Å²) in [7, 11) is 0. The summed E-state index contributed by atoms with van der Waals surface area (Å²) in [5.74, 6) is 0.792. The van der Waals surface area contributed by atoms with Gasteiger partial charge in [-0.2, -0.15) is 0 Å². The fraction of sp³-hybridized carbons (Fsp3) is 0.208. The molecule has 0 saturated heterocycles. The molecule has 1 atom stereocenters. The SMILES string of the molecule is CC1(CNC(=O)Nc2ccncc2)CC(COc2ccccc2-c2ccccc2)=NO1. The Morgan fingerprint density at radius 3 is 2.61 bits per heavy atom. The van der Waals surface area contributed by atoms with Crippen molar-refractivity contribution in [2.24, 2.45) is 5.16 Å². The molecular weight excluding hydrogens is 392 g/mol. The van der Waals surface area contributed by atoms with Crippen molar-refractivity contribution >= 4 is 17.4 Å². The minimum Gasteiger partial charge on any atom is -0.487 e. The Morgan fingerprint density at radius 1 is 1.06 bits per heavy atom. The molecule has 31 heavy (non-hydrogen) atoms. The van der Waals surface area contributed by atoms with Crippen LogP contribution in [0.25, 0.3) is 11.1 Å². The molecular formula is C24H24N4O3. The van der Waals surface area contributed by atoms with E-state index >= 15 is 0 Å². The highest BCUT2D eigenvalue weighted by Gasteiger charge is 2.35. The van der Waals surface area contributed by atoms with Gasteiger partial charge in [0.2, 0.25) is 0 Å². The number of carbonyl (C=O) groups excluding carboxylic acids is 1. The molecule has 2 aromatic carbocycles. The summed E-state index contributed by atoms with van der Waals surface area (Å²) in [6, 6.07) is 21.2. The minimum atomic E-state index is -0.618. The van der Waals surface area contributed by atoms with E-state index in [9.17, 15) is 4.79 Å². The van der Waals surface area contributed by atoms with Crippen molar-refractivity contribution in [1.82, 2.24) is 10.3 Å². The third-order valence-electron chi connectivity index (χ3n) is 4.90. The number of rotatable bonds is 7. The number of nitrogens with one attached hydrogen (secondary N) is 2. The average molecular weight is 416 g/mol. The molecule has 0 saturated carbocycles. The first-order chi connectivity index (χ1) is 15.1. The van der Waals surface area contributed by atoms with Gasteiger partial charge < -0.3 is 20.2 Å². The number of ether oxygens (including phenoxy) is 1. The minimum absolute atomic E-state index is 0.308. The molecule has 0 aliphatic carbocycles. The van der Waals surface area contributed by atoms with E-state index in [2.05, 4.69) is 32.9 Å². The van der Waals surface area contributed by atoms with Crippen LogP contribution in [0.1, 0.15) is 13.3 Å². The molecule has 3 aromatic rings. The molecule has 7 heteroatoms. The number of hydrogen-bond acceptors (Lipinski definition) is 5. The van der Waals surface area contributed by atoms with Gasteiger partial charge in [0.25, 0.3) is 0 Å². The molecule has 2 N–H and O–H groups in total. The van der Waals surface area contributed by atoms with Gasteiger partial charge in [-0.1, -0.05) is 53.7 Å². The smallest absolute Gasteiger partial charge is 0.319 e. The molecule has 1 unspecified atom stereocenters. The molecule has 1 aromatic heterocycles. The fourth-order valence-electron chi connectivity index (χ4n) is 3.33. The number of aromatic nitrogens is 1. The van der Waals surface area contributed by atoms with Gasteiger partial charge in [-0.3, -0.25) is 4.98 Å². The lowest BCUT2D eigenvalue weighted by atomic mass is 10.00. The predicted molar refractivity (Wildman–Crippen MR) is 120 cm³/mol. The van der Waals surface area contributed by atoms with E-state index in [-0.39, 0.29) is 6.03 Å². The molecule has 0 spiro atoms. The summed E-state index contributed by atoms with van der Waals surface area (Å²) in [5, 5.41) is 9.76. The Hall–Kier alpha value is -3.87. The van der Waals surface area contributed by atoms with Crippen LogP contribution < -0.4 is 15.4 Å². The van der Waals surface area contributed by atoms with Crippen molar-refractivity contribution in [2.45, 2.75) is 18.9 Å². The molecule has 4 rings (SSSR count). The van der Waals surface area contributed by atoms with E-state index in [0.29, 0.717) is 25.3 Å². The molecule has 158 valence electrons. The highest BCUT2D eigenvalue weighted by Crippen LogP contribution is 2.30. The monoisotopic (exact) mass is 416 g/mol. The van der Waals surface area contributed by atoms with E-state index < -0.39 is 5.60 Å². The first-order valence-electron chi connectivity index (χ1n) is 10.1. The van der Waals surface area contributed by atoms with Gasteiger partial charge >= 0.3 is 6.03 Å². The second kappa shape index (κ2) is 9.30. The van der Waals surface area contributed by atoms with Crippen molar-refractivity contribution < 1.29 is 14.4 Å². The number of carbonyl (C=O) groups is 1. The molecule has 0 fully saturated rings. The number of oxime groups is 1. The standard InChI is InChI=1S/C24H24N4O3/c1-24(17-26-23(29)27-19-11-13-25-14-12-19)15-20(28-31-24)16-30-22-10-6-5-9-21(22)18-7-3-2-4-8-18/h2-14H,15-17H2,1H3,(H2,25,26,27,29). The van der Waals surface area contributed by atoms with E-state index in [1.54, 1.807) is 24.5 Å². The van der Waals surface area contributed by atoms with Gasteiger partial charge in [0.15, 0.2) is 5.60 Å². The summed E-state index contributed by atoms with van der Waals surface area (Å²) < 4.78 is 6.06. The second-order valence-electron chi connectivity index (χ2n) is 7.57. The van der Waals surface area contributed by atoms with Crippen LogP contribution in [0.5, 0.6) is 5.75 Å². The van der Waals surface area contributed by atoms with Crippen LogP contribution >= 0.6 is 0 Å². The lowest BCUT2D eigenvalue weighted by Gasteiger charge is -2.22. The lowest BCUT2D eigenvalue weighted by Crippen LogP contribution is -2.42. The number of pyridine rings is 1. The maximum Gasteiger partial charge on any atom is 0.319 e. The van der Waals surface area contributed by atoms with Crippen LogP contribution in [-0.2, 0) is 4.84 Å². The zero-order valence-corrected chi connectivity index (χ0v) is 17.2. The zero-order chi connectivity index (χ0) is 21.5. The van der Waals surface area contributed by atoms with Gasteiger partial charge in [-0.15, -0.1) is 0 Å². The van der Waals surface area contributed by atoms with E-state index in [1.807, 2.05) is 49.4 Å². The second-order valence-corrected chi connectivity index (χ2v) is 7.57. The number of urea groups is 1. The topological polar surface area (TPSA) is 84.8 Å². The Labute approximate surface area is 181 Å². The Balaban J connectivity index is 1.29. The highest BCUT2D eigenvalue weighted by atomic mass is 16.7. The van der Waals surface area contributed by atoms with Crippen molar-refractivity contribution in [3.05, 3.63) is 79.1 Å². The summed E-state index contributed by atoms with van der Waals surface area (Å²) >= 11 is 0. The van der Waals surface area contributed by atoms with Crippen LogP contribution in [0.15, 0.2) is 84.3 Å². The lowest BCUT2D eigenvalue weighted by molar-refractivity contribution is -0.0000989. The fourth-order valence-corrected chi connectivity index (χ4v) is 3.33. The highest BCUT2D eigenvalue weighted by molar-refractivity contribution is 5.90. The summed E-state index contributed by atoms with van der Waals surface area (Å²) in [5.41, 5.74) is 2.97. The molecule has 2 amide bonds. The van der Waals surface area contributed by atoms with Gasteiger partial charge in [0, 0.05) is 30.1 Å². The Morgan fingerprint density at radius 2 is 1.81 bits per heavy atom. The number of nitrogens with zero attached hydrogens (tertiary/aromatic N) is 2. The quantitative estimate of drug-likeness (QED) is 0.595. The first-order valence-corrected chi connectivity index (χ1v) is 10.1. The normalized spacial score (nSPS) is 17.4. The van der Waals surface area contributed by atoms with Crippen LogP contribution in [0.2, 0.25) is 0 Å². The Kier molecular flexibility index (Phi) is 6.12. The Bertz CT molecular complexity index is 1060. The van der Waals surface area contributed by atoms with Crippen LogP contribution in [-0.4, -0.2) is 35.5 Å². The van der Waals surface area contributed by atoms with Gasteiger partial charge in [0.1, 0.15) is 12.4 Å². The third kappa shape index (κ3) is 5.39. The average Bonchev–Trinajstić information content (AvgIpc) is 3.19. The first kappa shape index (κ1) is 20.4. The maximum atomic E-state index is 12.1. The molecule has 2 heterocycles. The molecule has 0 radical (unpaired) electrons. The van der Waals surface area contributed by atoms with Crippen LogP contribution in [0.4, 0.5) is 10.5 Å². The van der Waals surface area contributed by atoms with E-state index in [0.717, 1.165) is 22.6 Å². The summed E-state index contributed by atoms with van der Waals surface area (Å²) in [4.78, 5) is 21.7. The number of amides is 2. The maximum absolute atomic E-state index is 12.1. The molecule has 1 aliphatic heterocycles. The number of para-hydroxylation sites is 1. The van der Waals surface area contributed by atoms with Crippen LogP contribution in [0, 0.1) is 0 Å². The van der Waals surface area contributed by atoms with Crippen LogP contribution in [0.3, 0.4) is 0 Å². The van der Waals surface area contributed by atoms with Gasteiger partial charge in [-0.25, -0.2) is 4.79 Å². The number of benzene rings is 2. The number of hydrogen-bond donors (Lipinski definition) is 2. The van der Waals surface area contributed by atoms with Gasteiger partial charge in [0.05, 0.1) is 12.3 Å². The van der Waals surface area contributed by atoms with Crippen molar-refractivity contribution in [3.8, 4) is 16.9 Å². The summed E-state index contributed by atoms with van der Waals surface area (Å²) in [6.45, 7) is 2.55. The van der Waals surface area contributed by atoms with E-state index in [4.69, 9.17) is 9.57 Å². The largest absolute Gasteiger partial charge is 0.487 e. The van der Waals surface area contributed by atoms with Gasteiger partial charge in [-0.05, 0) is 30.7 Å². The van der Waals surface area contributed by atoms with Crippen molar-refractivity contribution in [1.29, 1.82) is 0 Å². The van der Waals surface area contributed by atoms with Crippen molar-refractivity contribution in [3.63, 3.8) is 0 Å². The van der Waals surface area contributed by atoms with Crippen molar-refractivity contribution in [2.75, 3.05) is 18.5 Å². The third-order valence-corrected chi connectivity index (χ3v) is 4.90. The van der Waals surface area contributed by atoms with E-state index in [1.165, 1.54) is 0 Å². The number of anilines is 1. The molecule has 0 bridgehead atoms. The molecule has 1 aliphatic rings. The zero-order valence-electron chi connectivity index (χ0n) is 17.2. The molecule has 7 nitrogen and oxygen atoms in total. The predicted octanol–water partition coefficient (Wildman–Crippen LogP) is 4.48.